The zero-order valence-corrected chi connectivity index (χ0v) is 16.2. The van der Waals surface area contributed by atoms with Crippen LogP contribution in [0.1, 0.15) is 11.1 Å². The summed E-state index contributed by atoms with van der Waals surface area (Å²) in [6.45, 7) is 2.30. The summed E-state index contributed by atoms with van der Waals surface area (Å²) in [4.78, 5) is 4.12. The molecule has 1 aromatic heterocycles. The van der Waals surface area contributed by atoms with Crippen LogP contribution < -0.4 is 14.8 Å². The number of hydrogen-bond donors (Lipinski definition) is 1. The van der Waals surface area contributed by atoms with Crippen LogP contribution >= 0.6 is 23.2 Å². The van der Waals surface area contributed by atoms with Gasteiger partial charge in [-0.1, -0.05) is 41.4 Å². The predicted octanol–water partition coefficient (Wildman–Crippen LogP) is 5.14. The fourth-order valence-corrected chi connectivity index (χ4v) is 2.77. The molecule has 1 N–H and O–H groups in total. The van der Waals surface area contributed by atoms with Crippen molar-refractivity contribution in [3.05, 3.63) is 88.0 Å². The molecule has 2 aromatic carbocycles. The van der Waals surface area contributed by atoms with Crippen molar-refractivity contribution in [3.63, 3.8) is 0 Å². The third-order valence-corrected chi connectivity index (χ3v) is 4.30. The van der Waals surface area contributed by atoms with Crippen molar-refractivity contribution < 1.29 is 9.47 Å². The Hall–Kier alpha value is -2.27. The van der Waals surface area contributed by atoms with Crippen molar-refractivity contribution in [2.45, 2.75) is 13.2 Å². The lowest BCUT2D eigenvalue weighted by molar-refractivity contribution is 0.295. The van der Waals surface area contributed by atoms with Crippen LogP contribution in [-0.2, 0) is 13.2 Å². The highest BCUT2D eigenvalue weighted by Gasteiger charge is 2.06. The Balaban J connectivity index is 1.50. The summed E-state index contributed by atoms with van der Waals surface area (Å²) >= 11 is 12.1. The average molecular weight is 403 g/mol. The van der Waals surface area contributed by atoms with E-state index < -0.39 is 0 Å². The topological polar surface area (TPSA) is 43.4 Å². The van der Waals surface area contributed by atoms with Gasteiger partial charge in [0.25, 0.3) is 0 Å². The first kappa shape index (κ1) is 19.5. The molecule has 3 aromatic rings. The first-order valence-corrected chi connectivity index (χ1v) is 9.36. The van der Waals surface area contributed by atoms with Gasteiger partial charge in [-0.25, -0.2) is 4.98 Å². The molecule has 6 heteroatoms. The number of aromatic nitrogens is 1. The molecular formula is C21H20Cl2N2O2. The average Bonchev–Trinajstić information content (AvgIpc) is 2.69. The van der Waals surface area contributed by atoms with Gasteiger partial charge in [-0.2, -0.15) is 0 Å². The summed E-state index contributed by atoms with van der Waals surface area (Å²) in [6.07, 6.45) is 1.71. The Morgan fingerprint density at radius 1 is 0.889 bits per heavy atom. The van der Waals surface area contributed by atoms with Crippen LogP contribution in [0.15, 0.2) is 66.9 Å². The maximum Gasteiger partial charge on any atom is 0.213 e. The molecule has 4 nitrogen and oxygen atoms in total. The number of rotatable bonds is 9. The number of hydrogen-bond acceptors (Lipinski definition) is 4. The van der Waals surface area contributed by atoms with Gasteiger partial charge in [-0.05, 0) is 42.0 Å². The first-order chi connectivity index (χ1) is 13.2. The van der Waals surface area contributed by atoms with E-state index in [4.69, 9.17) is 32.7 Å². The molecule has 140 valence electrons. The maximum absolute atomic E-state index is 6.14. The smallest absolute Gasteiger partial charge is 0.213 e. The predicted molar refractivity (Wildman–Crippen MR) is 109 cm³/mol. The first-order valence-electron chi connectivity index (χ1n) is 8.61. The number of nitrogens with one attached hydrogen (secondary N) is 1. The van der Waals surface area contributed by atoms with Gasteiger partial charge in [-0.15, -0.1) is 0 Å². The van der Waals surface area contributed by atoms with Gasteiger partial charge in [0, 0.05) is 41.0 Å². The summed E-state index contributed by atoms with van der Waals surface area (Å²) < 4.78 is 11.5. The maximum atomic E-state index is 6.14. The minimum atomic E-state index is 0.467. The summed E-state index contributed by atoms with van der Waals surface area (Å²) in [6, 6.07) is 18.8. The Labute approximate surface area is 169 Å². The van der Waals surface area contributed by atoms with Crippen LogP contribution in [-0.4, -0.2) is 18.1 Å². The minimum Gasteiger partial charge on any atom is -0.489 e. The van der Waals surface area contributed by atoms with Crippen LogP contribution in [0.2, 0.25) is 10.0 Å². The molecule has 0 radical (unpaired) electrons. The highest BCUT2D eigenvalue weighted by Crippen LogP contribution is 2.24. The Bertz CT molecular complexity index is 843. The monoisotopic (exact) mass is 402 g/mol. The third-order valence-electron chi connectivity index (χ3n) is 3.81. The minimum absolute atomic E-state index is 0.467. The summed E-state index contributed by atoms with van der Waals surface area (Å²) in [5, 5.41) is 4.72. The lowest BCUT2D eigenvalue weighted by Gasteiger charge is -2.13. The van der Waals surface area contributed by atoms with E-state index in [0.717, 1.165) is 16.9 Å². The van der Waals surface area contributed by atoms with Crippen LogP contribution in [0.4, 0.5) is 0 Å². The standard InChI is InChI=1S/C21H20Cl2N2O2/c22-18-6-4-16(5-7-18)15-27-20-9-8-19(23)13-17(20)14-24-11-12-26-21-3-1-2-10-25-21/h1-10,13,24H,11-12,14-15H2. The summed E-state index contributed by atoms with van der Waals surface area (Å²) in [5.41, 5.74) is 2.05. The molecule has 0 unspecified atom stereocenters. The van der Waals surface area contributed by atoms with Crippen LogP contribution in [0.5, 0.6) is 11.6 Å². The van der Waals surface area contributed by atoms with Gasteiger partial charge in [0.1, 0.15) is 19.0 Å². The van der Waals surface area contributed by atoms with Crippen LogP contribution in [0, 0.1) is 0 Å². The van der Waals surface area contributed by atoms with E-state index in [9.17, 15) is 0 Å². The number of ether oxygens (including phenoxy) is 2. The van der Waals surface area contributed by atoms with Gasteiger partial charge in [0.05, 0.1) is 0 Å². The van der Waals surface area contributed by atoms with Crippen molar-refractivity contribution in [3.8, 4) is 11.6 Å². The molecule has 0 saturated heterocycles. The molecular weight excluding hydrogens is 383 g/mol. The fourth-order valence-electron chi connectivity index (χ4n) is 2.45. The van der Waals surface area contributed by atoms with Gasteiger partial charge < -0.3 is 14.8 Å². The van der Waals surface area contributed by atoms with Crippen LogP contribution in [0.25, 0.3) is 0 Å². The Morgan fingerprint density at radius 3 is 2.48 bits per heavy atom. The Morgan fingerprint density at radius 2 is 1.70 bits per heavy atom. The zero-order chi connectivity index (χ0) is 18.9. The largest absolute Gasteiger partial charge is 0.489 e. The van der Waals surface area contributed by atoms with Crippen LogP contribution in [0.3, 0.4) is 0 Å². The van der Waals surface area contributed by atoms with Gasteiger partial charge in [0.15, 0.2) is 0 Å². The van der Waals surface area contributed by atoms with E-state index in [1.54, 1.807) is 6.20 Å². The van der Waals surface area contributed by atoms with Crippen molar-refractivity contribution in [2.24, 2.45) is 0 Å². The van der Waals surface area contributed by atoms with E-state index in [1.807, 2.05) is 60.7 Å². The number of pyridine rings is 1. The SMILES string of the molecule is Clc1ccc(COc2ccc(Cl)cc2CNCCOc2ccccn2)cc1. The van der Waals surface area contributed by atoms with Crippen molar-refractivity contribution >= 4 is 23.2 Å². The summed E-state index contributed by atoms with van der Waals surface area (Å²) in [5.74, 6) is 1.42. The van der Waals surface area contributed by atoms with E-state index in [1.165, 1.54) is 0 Å². The number of halogens is 2. The molecule has 0 aliphatic carbocycles. The van der Waals surface area contributed by atoms with Crippen molar-refractivity contribution in [1.29, 1.82) is 0 Å². The normalized spacial score (nSPS) is 10.6. The van der Waals surface area contributed by atoms with E-state index in [2.05, 4.69) is 10.3 Å². The Kier molecular flexibility index (Phi) is 7.34. The number of benzene rings is 2. The van der Waals surface area contributed by atoms with E-state index >= 15 is 0 Å². The molecule has 0 atom stereocenters. The molecule has 27 heavy (non-hydrogen) atoms. The fraction of sp³-hybridized carbons (Fsp3) is 0.190. The second-order valence-corrected chi connectivity index (χ2v) is 6.73. The van der Waals surface area contributed by atoms with Crippen molar-refractivity contribution in [2.75, 3.05) is 13.2 Å². The lowest BCUT2D eigenvalue weighted by atomic mass is 10.2. The van der Waals surface area contributed by atoms with Crippen molar-refractivity contribution in [1.82, 2.24) is 10.3 Å². The molecule has 3 rings (SSSR count). The molecule has 0 aliphatic heterocycles. The molecule has 0 bridgehead atoms. The molecule has 0 spiro atoms. The quantitative estimate of drug-likeness (QED) is 0.503. The molecule has 1 heterocycles. The third kappa shape index (κ3) is 6.43. The highest BCUT2D eigenvalue weighted by molar-refractivity contribution is 6.30. The second kappa shape index (κ2) is 10.2. The molecule has 0 saturated carbocycles. The van der Waals surface area contributed by atoms with E-state index in [0.29, 0.717) is 42.2 Å². The highest BCUT2D eigenvalue weighted by atomic mass is 35.5. The second-order valence-electron chi connectivity index (χ2n) is 5.86. The lowest BCUT2D eigenvalue weighted by Crippen LogP contribution is -2.21. The summed E-state index contributed by atoms with van der Waals surface area (Å²) in [7, 11) is 0. The molecule has 0 aliphatic rings. The van der Waals surface area contributed by atoms with E-state index in [-0.39, 0.29) is 0 Å². The zero-order valence-electron chi connectivity index (χ0n) is 14.7. The van der Waals surface area contributed by atoms with Gasteiger partial charge in [0.2, 0.25) is 5.88 Å². The van der Waals surface area contributed by atoms with Gasteiger partial charge >= 0.3 is 0 Å². The van der Waals surface area contributed by atoms with Gasteiger partial charge in [-0.3, -0.25) is 0 Å². The number of nitrogens with zero attached hydrogens (tertiary/aromatic N) is 1. The molecule has 0 fully saturated rings. The molecule has 0 amide bonds.